The van der Waals surface area contributed by atoms with Crippen LogP contribution in [-0.4, -0.2) is 14.7 Å². The van der Waals surface area contributed by atoms with Crippen molar-refractivity contribution in [2.45, 2.75) is 39.5 Å². The van der Waals surface area contributed by atoms with E-state index in [9.17, 15) is 12.8 Å². The molecule has 2 rings (SSSR count). The van der Waals surface area contributed by atoms with Crippen molar-refractivity contribution in [2.24, 2.45) is 11.3 Å². The van der Waals surface area contributed by atoms with Gasteiger partial charge in [0.2, 0.25) is 0 Å². The maximum Gasteiger partial charge on any atom is 0.175 e. The van der Waals surface area contributed by atoms with Crippen molar-refractivity contribution in [3.8, 4) is 0 Å². The number of hydrogen-bond acceptors (Lipinski definition) is 2. The highest BCUT2D eigenvalue weighted by atomic mass is 32.2. The molecule has 0 fully saturated rings. The van der Waals surface area contributed by atoms with Crippen molar-refractivity contribution in [2.75, 3.05) is 6.26 Å². The molecule has 0 atom stereocenters. The Morgan fingerprint density at radius 1 is 0.962 bits per heavy atom. The van der Waals surface area contributed by atoms with Crippen LogP contribution >= 0.6 is 0 Å². The largest absolute Gasteiger partial charge is 0.224 e. The number of benzene rings is 2. The summed E-state index contributed by atoms with van der Waals surface area (Å²) in [7, 11) is -3.24. The molecule has 140 valence electrons. The van der Waals surface area contributed by atoms with Gasteiger partial charge >= 0.3 is 0 Å². The van der Waals surface area contributed by atoms with E-state index in [1.165, 1.54) is 12.3 Å². The Kier molecular flexibility index (Phi) is 5.76. The Hall–Kier alpha value is -1.94. The lowest BCUT2D eigenvalue weighted by Crippen LogP contribution is -2.13. The van der Waals surface area contributed by atoms with Gasteiger partial charge in [-0.05, 0) is 57.9 Å². The van der Waals surface area contributed by atoms with E-state index in [1.54, 1.807) is 24.3 Å². The number of hydrogen-bond donors (Lipinski definition) is 0. The zero-order valence-corrected chi connectivity index (χ0v) is 17.1. The summed E-state index contributed by atoms with van der Waals surface area (Å²) in [5, 5.41) is 0. The van der Waals surface area contributed by atoms with Crippen molar-refractivity contribution >= 4 is 21.0 Å². The maximum atomic E-state index is 13.8. The highest BCUT2D eigenvalue weighted by Gasteiger charge is 2.25. The molecule has 2 aromatic rings. The van der Waals surface area contributed by atoms with Gasteiger partial charge in [-0.3, -0.25) is 0 Å². The van der Waals surface area contributed by atoms with Gasteiger partial charge in [0.1, 0.15) is 5.82 Å². The lowest BCUT2D eigenvalue weighted by Gasteiger charge is -2.30. The quantitative estimate of drug-likeness (QED) is 0.630. The second-order valence-corrected chi connectivity index (χ2v) is 10.0. The van der Waals surface area contributed by atoms with E-state index in [-0.39, 0.29) is 17.2 Å². The van der Waals surface area contributed by atoms with E-state index in [1.807, 2.05) is 18.2 Å². The van der Waals surface area contributed by atoms with Crippen LogP contribution in [-0.2, 0) is 9.84 Å². The van der Waals surface area contributed by atoms with Gasteiger partial charge < -0.3 is 0 Å². The lowest BCUT2D eigenvalue weighted by atomic mass is 9.75. The molecular weight excluding hydrogens is 347 g/mol. The molecule has 0 radical (unpaired) electrons. The summed E-state index contributed by atoms with van der Waals surface area (Å²) in [5.74, 6) is -0.0815. The molecule has 0 saturated heterocycles. The van der Waals surface area contributed by atoms with Crippen LogP contribution in [0.5, 0.6) is 0 Å². The predicted molar refractivity (Wildman–Crippen MR) is 107 cm³/mol. The van der Waals surface area contributed by atoms with Crippen molar-refractivity contribution in [1.29, 1.82) is 0 Å². The van der Waals surface area contributed by atoms with Gasteiger partial charge in [0.05, 0.1) is 4.90 Å². The van der Waals surface area contributed by atoms with Crippen molar-refractivity contribution in [1.82, 2.24) is 0 Å². The average Bonchev–Trinajstić information content (AvgIpc) is 2.50. The molecule has 0 aliphatic heterocycles. The molecule has 0 amide bonds. The topological polar surface area (TPSA) is 34.1 Å². The van der Waals surface area contributed by atoms with Gasteiger partial charge in [0.15, 0.2) is 9.84 Å². The van der Waals surface area contributed by atoms with Gasteiger partial charge in [0.25, 0.3) is 0 Å². The fraction of sp³-hybridized carbons (Fsp3) is 0.364. The first-order chi connectivity index (χ1) is 11.9. The normalized spacial score (nSPS) is 13.7. The molecule has 26 heavy (non-hydrogen) atoms. The molecule has 0 aliphatic rings. The average molecular weight is 375 g/mol. The van der Waals surface area contributed by atoms with E-state index >= 15 is 0 Å². The second kappa shape index (κ2) is 7.36. The van der Waals surface area contributed by atoms with Gasteiger partial charge in [-0.15, -0.1) is 0 Å². The first-order valence-corrected chi connectivity index (χ1v) is 10.6. The molecule has 2 nitrogen and oxygen atoms in total. The molecule has 4 heteroatoms. The minimum atomic E-state index is -3.24. The van der Waals surface area contributed by atoms with E-state index in [0.29, 0.717) is 4.90 Å². The molecule has 0 N–H and O–H groups in total. The number of sulfone groups is 1. The van der Waals surface area contributed by atoms with Crippen LogP contribution in [0.15, 0.2) is 53.4 Å². The number of halogens is 1. The SMILES string of the molecule is CC(C)/C(=C(/c1ccc(S(C)(=O)=O)cc1)C(C)(C)C)c1cccc(F)c1. The smallest absolute Gasteiger partial charge is 0.175 e. The third-order valence-electron chi connectivity index (χ3n) is 4.30. The molecule has 0 spiro atoms. The number of rotatable bonds is 4. The number of allylic oxidation sites excluding steroid dienone is 2. The maximum absolute atomic E-state index is 13.8. The molecular formula is C22H27FO2S. The summed E-state index contributed by atoms with van der Waals surface area (Å²) in [6.45, 7) is 10.5. The van der Waals surface area contributed by atoms with Gasteiger partial charge in [-0.25, -0.2) is 12.8 Å². The summed E-state index contributed by atoms with van der Waals surface area (Å²) < 4.78 is 37.4. The van der Waals surface area contributed by atoms with Crippen LogP contribution in [0.1, 0.15) is 45.7 Å². The Balaban J connectivity index is 2.78. The fourth-order valence-corrected chi connectivity index (χ4v) is 3.91. The van der Waals surface area contributed by atoms with E-state index in [4.69, 9.17) is 0 Å². The Morgan fingerprint density at radius 2 is 1.54 bits per heavy atom. The molecule has 0 aliphatic carbocycles. The minimum absolute atomic E-state index is 0.181. The summed E-state index contributed by atoms with van der Waals surface area (Å²) in [4.78, 5) is 0.298. The zero-order valence-electron chi connectivity index (χ0n) is 16.3. The Labute approximate surface area is 156 Å². The van der Waals surface area contributed by atoms with Crippen LogP contribution in [0.25, 0.3) is 11.1 Å². The second-order valence-electron chi connectivity index (χ2n) is 8.00. The van der Waals surface area contributed by atoms with Crippen LogP contribution in [0.3, 0.4) is 0 Å². The first kappa shape index (κ1) is 20.4. The lowest BCUT2D eigenvalue weighted by molar-refractivity contribution is 0.564. The summed E-state index contributed by atoms with van der Waals surface area (Å²) in [5.41, 5.74) is 3.79. The van der Waals surface area contributed by atoms with Crippen LogP contribution in [0, 0.1) is 17.2 Å². The van der Waals surface area contributed by atoms with Crippen molar-refractivity contribution in [3.63, 3.8) is 0 Å². The summed E-state index contributed by atoms with van der Waals surface area (Å²) in [6, 6.07) is 13.6. The highest BCUT2D eigenvalue weighted by Crippen LogP contribution is 2.43. The summed E-state index contributed by atoms with van der Waals surface area (Å²) >= 11 is 0. The monoisotopic (exact) mass is 374 g/mol. The first-order valence-electron chi connectivity index (χ1n) is 8.72. The molecule has 0 saturated carbocycles. The molecule has 0 bridgehead atoms. The predicted octanol–water partition coefficient (Wildman–Crippen LogP) is 5.84. The standard InChI is InChI=1S/C22H27FO2S/c1-15(2)20(17-8-7-9-18(23)14-17)21(22(3,4)5)16-10-12-19(13-11-16)26(6,24)25/h7-15H,1-6H3/b21-20+. The molecule has 2 aromatic carbocycles. The Morgan fingerprint density at radius 3 is 1.96 bits per heavy atom. The Bertz CT molecular complexity index is 915. The van der Waals surface area contributed by atoms with Gasteiger partial charge in [0, 0.05) is 6.26 Å². The van der Waals surface area contributed by atoms with Crippen LogP contribution in [0.4, 0.5) is 4.39 Å². The van der Waals surface area contributed by atoms with Crippen LogP contribution in [0.2, 0.25) is 0 Å². The van der Waals surface area contributed by atoms with E-state index < -0.39 is 9.84 Å². The van der Waals surface area contributed by atoms with Crippen molar-refractivity contribution in [3.05, 3.63) is 65.5 Å². The van der Waals surface area contributed by atoms with Crippen molar-refractivity contribution < 1.29 is 12.8 Å². The van der Waals surface area contributed by atoms with Gasteiger partial charge in [-0.1, -0.05) is 58.9 Å². The third-order valence-corrected chi connectivity index (χ3v) is 5.43. The molecule has 0 heterocycles. The fourth-order valence-electron chi connectivity index (χ4n) is 3.28. The summed E-state index contributed by atoms with van der Waals surface area (Å²) in [6.07, 6.45) is 1.20. The highest BCUT2D eigenvalue weighted by molar-refractivity contribution is 7.90. The molecule has 0 unspecified atom stereocenters. The zero-order chi connectivity index (χ0) is 19.7. The van der Waals surface area contributed by atoms with Crippen LogP contribution < -0.4 is 0 Å². The minimum Gasteiger partial charge on any atom is -0.224 e. The van der Waals surface area contributed by atoms with Gasteiger partial charge in [-0.2, -0.15) is 0 Å². The third kappa shape index (κ3) is 4.61. The molecule has 0 aromatic heterocycles. The van der Waals surface area contributed by atoms with E-state index in [0.717, 1.165) is 22.3 Å². The van der Waals surface area contributed by atoms with E-state index in [2.05, 4.69) is 34.6 Å².